The molecule has 0 bridgehead atoms. The van der Waals surface area contributed by atoms with Crippen LogP contribution in [-0.4, -0.2) is 13.3 Å². The zero-order valence-corrected chi connectivity index (χ0v) is 12.5. The number of rotatable bonds is 4. The highest BCUT2D eigenvalue weighted by atomic mass is 32.4. The number of allylic oxidation sites excluding steroid dienone is 1. The van der Waals surface area contributed by atoms with Crippen LogP contribution >= 0.6 is 6.04 Å². The van der Waals surface area contributed by atoms with Crippen LogP contribution < -0.4 is 10.6 Å². The van der Waals surface area contributed by atoms with Gasteiger partial charge in [-0.2, -0.15) is 0 Å². The van der Waals surface area contributed by atoms with Crippen molar-refractivity contribution in [3.63, 3.8) is 0 Å². The van der Waals surface area contributed by atoms with E-state index in [1.165, 1.54) is 10.6 Å². The Bertz CT molecular complexity index is 574. The summed E-state index contributed by atoms with van der Waals surface area (Å²) in [5.41, 5.74) is 0. The van der Waals surface area contributed by atoms with Gasteiger partial charge in [0, 0.05) is 19.3 Å². The molecule has 0 spiro atoms. The Balaban J connectivity index is 2.54. The molecule has 96 valence electrons. The Morgan fingerprint density at radius 2 is 1.37 bits per heavy atom. The normalized spacial score (nSPS) is 12.3. The van der Waals surface area contributed by atoms with Gasteiger partial charge in [0.05, 0.1) is 0 Å². The topological polar surface area (TPSA) is 12.4 Å². The summed E-state index contributed by atoms with van der Waals surface area (Å²) < 4.78 is 0. The second-order valence-electron chi connectivity index (χ2n) is 4.08. The van der Waals surface area contributed by atoms with Crippen LogP contribution in [0.25, 0.3) is 0 Å². The van der Waals surface area contributed by atoms with E-state index in [1.54, 1.807) is 13.3 Å². The van der Waals surface area contributed by atoms with E-state index < -0.39 is 6.04 Å². The predicted octanol–water partition coefficient (Wildman–Crippen LogP) is 3.33. The molecule has 0 aliphatic heterocycles. The van der Waals surface area contributed by atoms with Crippen LogP contribution in [0.1, 0.15) is 0 Å². The van der Waals surface area contributed by atoms with Crippen LogP contribution in [0.4, 0.5) is 0 Å². The number of hydrogen-bond donors (Lipinski definition) is 0. The zero-order valence-electron chi connectivity index (χ0n) is 10.8. The molecule has 2 rings (SSSR count). The van der Waals surface area contributed by atoms with Crippen molar-refractivity contribution in [2.24, 2.45) is 4.99 Å². The van der Waals surface area contributed by atoms with Crippen LogP contribution in [0.5, 0.6) is 0 Å². The minimum atomic E-state index is -1.89. The molecule has 0 heterocycles. The van der Waals surface area contributed by atoms with Gasteiger partial charge in [-0.25, -0.2) is 0 Å². The number of nitrogens with zero attached hydrogens (tertiary/aromatic N) is 1. The van der Waals surface area contributed by atoms with E-state index in [1.807, 2.05) is 42.5 Å². The molecule has 0 saturated heterocycles. The Labute approximate surface area is 119 Å². The first-order valence-electron chi connectivity index (χ1n) is 6.08. The summed E-state index contributed by atoms with van der Waals surface area (Å²) in [6.45, 7) is 0. The van der Waals surface area contributed by atoms with Crippen molar-refractivity contribution in [3.8, 4) is 0 Å². The Morgan fingerprint density at radius 3 is 1.79 bits per heavy atom. The fraction of sp³-hybridized carbons (Fsp3) is 0.0625. The van der Waals surface area contributed by atoms with Crippen molar-refractivity contribution >= 4 is 34.7 Å². The average Bonchev–Trinajstić information content (AvgIpc) is 2.49. The highest BCUT2D eigenvalue weighted by Gasteiger charge is 2.18. The fourth-order valence-electron chi connectivity index (χ4n) is 1.87. The third kappa shape index (κ3) is 3.28. The first-order valence-corrected chi connectivity index (χ1v) is 8.95. The first-order chi connectivity index (χ1) is 9.27. The Hall–Kier alpha value is -1.50. The van der Waals surface area contributed by atoms with E-state index in [9.17, 15) is 0 Å². The fourth-order valence-corrected chi connectivity index (χ4v) is 5.00. The minimum Gasteiger partial charge on any atom is -0.297 e. The smallest absolute Gasteiger partial charge is 0.0310 e. The third-order valence-corrected chi connectivity index (χ3v) is 7.16. The molecule has 2 aromatic rings. The molecule has 0 atom stereocenters. The van der Waals surface area contributed by atoms with Crippen LogP contribution in [0.3, 0.4) is 0 Å². The summed E-state index contributed by atoms with van der Waals surface area (Å²) in [6, 6.07) is 18.8. The molecule has 19 heavy (non-hydrogen) atoms. The highest BCUT2D eigenvalue weighted by molar-refractivity contribution is 8.23. The van der Waals surface area contributed by atoms with E-state index in [2.05, 4.69) is 35.1 Å². The Morgan fingerprint density at radius 1 is 0.895 bits per heavy atom. The second-order valence-corrected chi connectivity index (χ2v) is 8.45. The van der Waals surface area contributed by atoms with Crippen molar-refractivity contribution in [3.05, 3.63) is 72.6 Å². The van der Waals surface area contributed by atoms with Crippen molar-refractivity contribution in [2.75, 3.05) is 7.05 Å². The monoisotopic (exact) mass is 285 g/mol. The van der Waals surface area contributed by atoms with Gasteiger partial charge in [0.1, 0.15) is 0 Å². The zero-order chi connectivity index (χ0) is 13.6. The maximum atomic E-state index is 6.01. The predicted molar refractivity (Wildman–Crippen MR) is 90.0 cm³/mol. The lowest BCUT2D eigenvalue weighted by Gasteiger charge is -2.19. The van der Waals surface area contributed by atoms with E-state index in [-0.39, 0.29) is 0 Å². The van der Waals surface area contributed by atoms with Crippen molar-refractivity contribution in [1.82, 2.24) is 0 Å². The molecule has 0 radical (unpaired) electrons. The molecule has 0 aromatic heterocycles. The van der Waals surface area contributed by atoms with Crippen molar-refractivity contribution in [1.29, 1.82) is 0 Å². The molecular weight excluding hydrogens is 269 g/mol. The molecule has 2 aromatic carbocycles. The third-order valence-electron chi connectivity index (χ3n) is 2.81. The maximum Gasteiger partial charge on any atom is 0.0310 e. The van der Waals surface area contributed by atoms with Crippen LogP contribution in [0.15, 0.2) is 77.5 Å². The molecule has 0 aliphatic carbocycles. The van der Waals surface area contributed by atoms with E-state index in [4.69, 9.17) is 11.8 Å². The molecule has 0 saturated carbocycles. The first kappa shape index (κ1) is 13.9. The summed E-state index contributed by atoms with van der Waals surface area (Å²) in [5, 5.41) is 2.41. The van der Waals surface area contributed by atoms with Gasteiger partial charge in [0.15, 0.2) is 0 Å². The maximum absolute atomic E-state index is 6.01. The molecule has 1 nitrogen and oxygen atoms in total. The quantitative estimate of drug-likeness (QED) is 0.620. The summed E-state index contributed by atoms with van der Waals surface area (Å²) in [4.78, 5) is 3.99. The van der Waals surface area contributed by atoms with Gasteiger partial charge in [-0.15, -0.1) is 0 Å². The van der Waals surface area contributed by atoms with Gasteiger partial charge in [-0.3, -0.25) is 4.99 Å². The van der Waals surface area contributed by atoms with Gasteiger partial charge in [-0.1, -0.05) is 72.5 Å². The van der Waals surface area contributed by atoms with E-state index >= 15 is 0 Å². The van der Waals surface area contributed by atoms with Crippen molar-refractivity contribution < 1.29 is 0 Å². The molecular formula is C16H16NPS. The van der Waals surface area contributed by atoms with Crippen LogP contribution in [-0.2, 0) is 11.8 Å². The molecule has 0 amide bonds. The van der Waals surface area contributed by atoms with Gasteiger partial charge in [-0.05, 0) is 22.5 Å². The standard InChI is InChI=1S/C16H16NPS/c1-17-13-8-14-18(19,15-9-4-2-5-10-15)16-11-6-3-7-12-16/h2-14H,1H3/b14-8-,17-13?. The average molecular weight is 285 g/mol. The molecule has 3 heteroatoms. The lowest BCUT2D eigenvalue weighted by atomic mass is 10.4. The molecule has 0 N–H and O–H groups in total. The summed E-state index contributed by atoms with van der Waals surface area (Å²) >= 11 is 6.01. The van der Waals surface area contributed by atoms with E-state index in [0.29, 0.717) is 0 Å². The van der Waals surface area contributed by atoms with Gasteiger partial charge in [0.2, 0.25) is 0 Å². The van der Waals surface area contributed by atoms with Gasteiger partial charge >= 0.3 is 0 Å². The van der Waals surface area contributed by atoms with Gasteiger partial charge in [0.25, 0.3) is 0 Å². The highest BCUT2D eigenvalue weighted by Crippen LogP contribution is 2.45. The number of aliphatic imine (C=N–C) groups is 1. The molecule has 0 unspecified atom stereocenters. The van der Waals surface area contributed by atoms with Crippen LogP contribution in [0.2, 0.25) is 0 Å². The summed E-state index contributed by atoms with van der Waals surface area (Å²) in [6.07, 6.45) is 3.74. The SMILES string of the molecule is CN=C/C=C\P(=S)(c1ccccc1)c1ccccc1. The van der Waals surface area contributed by atoms with Crippen molar-refractivity contribution in [2.45, 2.75) is 0 Å². The minimum absolute atomic E-state index is 1.21. The second kappa shape index (κ2) is 6.60. The van der Waals surface area contributed by atoms with Gasteiger partial charge < -0.3 is 0 Å². The molecule has 0 aliphatic rings. The molecule has 0 fully saturated rings. The Kier molecular flexibility index (Phi) is 4.84. The summed E-state index contributed by atoms with van der Waals surface area (Å²) in [5.74, 6) is 2.12. The summed E-state index contributed by atoms with van der Waals surface area (Å²) in [7, 11) is 1.76. The lowest BCUT2D eigenvalue weighted by molar-refractivity contribution is 1.48. The van der Waals surface area contributed by atoms with E-state index in [0.717, 1.165) is 0 Å². The van der Waals surface area contributed by atoms with Crippen LogP contribution in [0, 0.1) is 0 Å². The number of benzene rings is 2. The largest absolute Gasteiger partial charge is 0.297 e. The number of hydrogen-bond acceptors (Lipinski definition) is 2. The lowest BCUT2D eigenvalue weighted by Crippen LogP contribution is -2.13.